The van der Waals surface area contributed by atoms with Crippen LogP contribution in [-0.4, -0.2) is 9.97 Å². The Balaban J connectivity index is 2.17. The molecule has 0 fully saturated rings. The minimum atomic E-state index is 0.299. The normalized spacial score (nSPS) is 10.8. The molecule has 0 saturated carbocycles. The molecule has 0 aliphatic rings. The molecule has 0 unspecified atom stereocenters. The summed E-state index contributed by atoms with van der Waals surface area (Å²) in [6.07, 6.45) is 3.09. The molecule has 2 heterocycles. The van der Waals surface area contributed by atoms with E-state index in [0.717, 1.165) is 15.6 Å². The molecule has 0 atom stereocenters. The number of furan rings is 1. The highest BCUT2D eigenvalue weighted by Crippen LogP contribution is 2.37. The highest BCUT2D eigenvalue weighted by molar-refractivity contribution is 9.10. The molecule has 0 radical (unpaired) electrons. The smallest absolute Gasteiger partial charge is 0.165 e. The molecular formula is C14H7BrCl2N2O. The van der Waals surface area contributed by atoms with Crippen LogP contribution >= 0.6 is 39.1 Å². The first kappa shape index (κ1) is 13.6. The molecule has 3 aromatic rings. The van der Waals surface area contributed by atoms with Gasteiger partial charge in [0.1, 0.15) is 16.6 Å². The second-order valence-corrected chi connectivity index (χ2v) is 5.57. The fourth-order valence-corrected chi connectivity index (χ4v) is 2.89. The highest BCUT2D eigenvalue weighted by atomic mass is 79.9. The molecule has 0 N–H and O–H groups in total. The van der Waals surface area contributed by atoms with Crippen molar-refractivity contribution in [1.29, 1.82) is 0 Å². The van der Waals surface area contributed by atoms with Crippen LogP contribution in [0.25, 0.3) is 22.5 Å². The first-order valence-corrected chi connectivity index (χ1v) is 7.22. The van der Waals surface area contributed by atoms with Crippen LogP contribution in [0.5, 0.6) is 0 Å². The predicted molar refractivity (Wildman–Crippen MR) is 82.9 cm³/mol. The van der Waals surface area contributed by atoms with Gasteiger partial charge >= 0.3 is 0 Å². The topological polar surface area (TPSA) is 38.9 Å². The highest BCUT2D eigenvalue weighted by Gasteiger charge is 2.16. The lowest BCUT2D eigenvalue weighted by atomic mass is 10.1. The van der Waals surface area contributed by atoms with E-state index in [-0.39, 0.29) is 0 Å². The van der Waals surface area contributed by atoms with Gasteiger partial charge in [-0.1, -0.05) is 57.3 Å². The summed E-state index contributed by atoms with van der Waals surface area (Å²) in [5.41, 5.74) is 2.18. The Bertz CT molecular complexity index is 737. The second-order valence-electron chi connectivity index (χ2n) is 4.00. The van der Waals surface area contributed by atoms with E-state index in [1.807, 2.05) is 24.3 Å². The van der Waals surface area contributed by atoms with Crippen molar-refractivity contribution in [2.45, 2.75) is 0 Å². The summed E-state index contributed by atoms with van der Waals surface area (Å²) in [6.45, 7) is 0. The Morgan fingerprint density at radius 2 is 1.70 bits per heavy atom. The molecule has 0 aliphatic carbocycles. The molecule has 2 aromatic heterocycles. The average Bonchev–Trinajstić information content (AvgIpc) is 2.94. The lowest BCUT2D eigenvalue weighted by molar-refractivity contribution is 0.568. The van der Waals surface area contributed by atoms with Crippen molar-refractivity contribution in [3.05, 3.63) is 57.6 Å². The summed E-state index contributed by atoms with van der Waals surface area (Å²) in [5.74, 6) is 0.435. The van der Waals surface area contributed by atoms with Crippen LogP contribution in [0.3, 0.4) is 0 Å². The Kier molecular flexibility index (Phi) is 3.78. The molecule has 0 spiro atoms. The number of nitrogens with zero attached hydrogens (tertiary/aromatic N) is 2. The molecule has 0 amide bonds. The van der Waals surface area contributed by atoms with Crippen molar-refractivity contribution < 1.29 is 4.42 Å². The quantitative estimate of drug-likeness (QED) is 0.562. The van der Waals surface area contributed by atoms with Gasteiger partial charge in [-0.3, -0.25) is 0 Å². The Morgan fingerprint density at radius 3 is 2.30 bits per heavy atom. The molecule has 100 valence electrons. The fraction of sp³-hybridized carbons (Fsp3) is 0. The van der Waals surface area contributed by atoms with Crippen molar-refractivity contribution in [1.82, 2.24) is 9.97 Å². The zero-order valence-electron chi connectivity index (χ0n) is 9.98. The van der Waals surface area contributed by atoms with Gasteiger partial charge in [-0.2, -0.15) is 0 Å². The molecule has 0 saturated heterocycles. The molecule has 20 heavy (non-hydrogen) atoms. The van der Waals surface area contributed by atoms with E-state index >= 15 is 0 Å². The molecule has 3 nitrogen and oxygen atoms in total. The predicted octanol–water partition coefficient (Wildman–Crippen LogP) is 5.47. The summed E-state index contributed by atoms with van der Waals surface area (Å²) in [7, 11) is 0. The Hall–Kier alpha value is -1.36. The standard InChI is InChI=1S/C14H7BrCl2N2O/c15-10-4-2-1-3-9(10)11-12(16)18-14(19-13(11)17)8-5-6-20-7-8/h1-7H. The summed E-state index contributed by atoms with van der Waals surface area (Å²) in [6, 6.07) is 9.37. The second kappa shape index (κ2) is 5.56. The third-order valence-corrected chi connectivity index (χ3v) is 3.98. The van der Waals surface area contributed by atoms with E-state index in [1.54, 1.807) is 18.6 Å². The van der Waals surface area contributed by atoms with Gasteiger partial charge in [0.2, 0.25) is 0 Å². The zero-order chi connectivity index (χ0) is 14.1. The zero-order valence-corrected chi connectivity index (χ0v) is 13.1. The van der Waals surface area contributed by atoms with Crippen LogP contribution in [0.4, 0.5) is 0 Å². The minimum absolute atomic E-state index is 0.299. The minimum Gasteiger partial charge on any atom is -0.472 e. The van der Waals surface area contributed by atoms with Gasteiger partial charge in [-0.25, -0.2) is 9.97 Å². The molecule has 3 rings (SSSR count). The van der Waals surface area contributed by atoms with E-state index in [4.69, 9.17) is 27.6 Å². The summed E-state index contributed by atoms with van der Waals surface area (Å²) in [4.78, 5) is 8.57. The van der Waals surface area contributed by atoms with Crippen LogP contribution in [0.1, 0.15) is 0 Å². The van der Waals surface area contributed by atoms with Crippen LogP contribution in [-0.2, 0) is 0 Å². The van der Waals surface area contributed by atoms with Crippen molar-refractivity contribution in [2.24, 2.45) is 0 Å². The lowest BCUT2D eigenvalue weighted by Crippen LogP contribution is -1.94. The van der Waals surface area contributed by atoms with Gasteiger partial charge in [0.05, 0.1) is 17.4 Å². The number of hydrogen-bond donors (Lipinski definition) is 0. The molecular weight excluding hydrogens is 363 g/mol. The van der Waals surface area contributed by atoms with Gasteiger partial charge in [0.15, 0.2) is 5.82 Å². The van der Waals surface area contributed by atoms with Crippen molar-refractivity contribution >= 4 is 39.1 Å². The average molecular weight is 370 g/mol. The first-order chi connectivity index (χ1) is 9.66. The fourth-order valence-electron chi connectivity index (χ4n) is 1.81. The van der Waals surface area contributed by atoms with Gasteiger partial charge in [-0.05, 0) is 12.1 Å². The van der Waals surface area contributed by atoms with Gasteiger partial charge < -0.3 is 4.42 Å². The van der Waals surface area contributed by atoms with E-state index in [1.165, 1.54) is 0 Å². The van der Waals surface area contributed by atoms with Crippen LogP contribution in [0.15, 0.2) is 51.7 Å². The Morgan fingerprint density at radius 1 is 1.00 bits per heavy atom. The van der Waals surface area contributed by atoms with E-state index in [2.05, 4.69) is 25.9 Å². The molecule has 0 bridgehead atoms. The molecule has 6 heteroatoms. The maximum Gasteiger partial charge on any atom is 0.165 e. The number of rotatable bonds is 2. The first-order valence-electron chi connectivity index (χ1n) is 5.67. The number of halogens is 3. The van der Waals surface area contributed by atoms with Gasteiger partial charge in [0, 0.05) is 10.0 Å². The SMILES string of the molecule is Clc1nc(-c2ccoc2)nc(Cl)c1-c1ccccc1Br. The third-order valence-electron chi connectivity index (χ3n) is 2.74. The van der Waals surface area contributed by atoms with Crippen LogP contribution in [0.2, 0.25) is 10.3 Å². The van der Waals surface area contributed by atoms with Crippen molar-refractivity contribution in [3.8, 4) is 22.5 Å². The van der Waals surface area contributed by atoms with Gasteiger partial charge in [0.25, 0.3) is 0 Å². The summed E-state index contributed by atoms with van der Waals surface area (Å²) >= 11 is 16.0. The van der Waals surface area contributed by atoms with Gasteiger partial charge in [-0.15, -0.1) is 0 Å². The number of benzene rings is 1. The summed E-state index contributed by atoms with van der Waals surface area (Å²) in [5, 5.41) is 0.598. The third kappa shape index (κ3) is 2.46. The van der Waals surface area contributed by atoms with E-state index < -0.39 is 0 Å². The number of hydrogen-bond acceptors (Lipinski definition) is 3. The molecule has 0 aliphatic heterocycles. The monoisotopic (exact) mass is 368 g/mol. The van der Waals surface area contributed by atoms with Crippen molar-refractivity contribution in [2.75, 3.05) is 0 Å². The van der Waals surface area contributed by atoms with E-state index in [9.17, 15) is 0 Å². The number of aromatic nitrogens is 2. The molecule has 1 aromatic carbocycles. The van der Waals surface area contributed by atoms with Crippen LogP contribution in [0, 0.1) is 0 Å². The van der Waals surface area contributed by atoms with E-state index in [0.29, 0.717) is 21.7 Å². The maximum atomic E-state index is 6.27. The maximum absolute atomic E-state index is 6.27. The van der Waals surface area contributed by atoms with Crippen molar-refractivity contribution in [3.63, 3.8) is 0 Å². The lowest BCUT2D eigenvalue weighted by Gasteiger charge is -2.09. The largest absolute Gasteiger partial charge is 0.472 e. The Labute approximate surface area is 133 Å². The summed E-state index contributed by atoms with van der Waals surface area (Å²) < 4.78 is 5.89. The van der Waals surface area contributed by atoms with Crippen LogP contribution < -0.4 is 0 Å².